The van der Waals surface area contributed by atoms with Gasteiger partial charge in [-0.15, -0.1) is 0 Å². The third kappa shape index (κ3) is 4.07. The van der Waals surface area contributed by atoms with Crippen molar-refractivity contribution in [3.8, 4) is 0 Å². The van der Waals surface area contributed by atoms with Crippen LogP contribution in [0.5, 0.6) is 0 Å². The second-order valence-electron chi connectivity index (χ2n) is 6.78. The molecule has 0 atom stereocenters. The molecule has 4 nitrogen and oxygen atoms in total. The first-order valence-electron chi connectivity index (χ1n) is 9.01. The van der Waals surface area contributed by atoms with Crippen molar-refractivity contribution < 1.29 is 9.59 Å². The lowest BCUT2D eigenvalue weighted by Crippen LogP contribution is -2.50. The smallest absolute Gasteiger partial charge is 0.255 e. The monoisotopic (exact) mass is 370 g/mol. The Labute approximate surface area is 158 Å². The summed E-state index contributed by atoms with van der Waals surface area (Å²) in [5.41, 5.74) is 2.08. The fraction of sp³-hybridized carbons (Fsp3) is 0.333. The molecular weight excluding hydrogens is 348 g/mol. The van der Waals surface area contributed by atoms with Gasteiger partial charge < -0.3 is 10.6 Å². The van der Waals surface area contributed by atoms with E-state index in [1.165, 1.54) is 0 Å². The Morgan fingerprint density at radius 3 is 2.42 bits per heavy atom. The second kappa shape index (κ2) is 7.92. The Morgan fingerprint density at radius 1 is 1.12 bits per heavy atom. The fourth-order valence-electron chi connectivity index (χ4n) is 3.28. The van der Waals surface area contributed by atoms with Crippen LogP contribution in [0.3, 0.4) is 0 Å². The molecule has 2 N–H and O–H groups in total. The van der Waals surface area contributed by atoms with E-state index in [4.69, 9.17) is 11.6 Å². The average Bonchev–Trinajstić information content (AvgIpc) is 2.59. The minimum absolute atomic E-state index is 0.102. The van der Waals surface area contributed by atoms with Crippen LogP contribution in [0.4, 0.5) is 5.69 Å². The summed E-state index contributed by atoms with van der Waals surface area (Å²) in [6, 6.07) is 14.6. The number of benzene rings is 2. The molecule has 0 unspecified atom stereocenters. The molecule has 26 heavy (non-hydrogen) atoms. The summed E-state index contributed by atoms with van der Waals surface area (Å²) in [5, 5.41) is 6.61. The lowest BCUT2D eigenvalue weighted by molar-refractivity contribution is -0.124. The zero-order valence-electron chi connectivity index (χ0n) is 14.8. The lowest BCUT2D eigenvalue weighted by atomic mass is 9.71. The molecule has 2 aromatic rings. The summed E-state index contributed by atoms with van der Waals surface area (Å²) in [7, 11) is 0. The van der Waals surface area contributed by atoms with E-state index in [9.17, 15) is 9.59 Å². The van der Waals surface area contributed by atoms with Gasteiger partial charge in [0, 0.05) is 22.7 Å². The van der Waals surface area contributed by atoms with Gasteiger partial charge >= 0.3 is 0 Å². The van der Waals surface area contributed by atoms with Crippen LogP contribution in [0.25, 0.3) is 0 Å². The molecule has 0 aliphatic heterocycles. The van der Waals surface area contributed by atoms with Gasteiger partial charge in [0.1, 0.15) is 0 Å². The van der Waals surface area contributed by atoms with Gasteiger partial charge in [-0.3, -0.25) is 9.59 Å². The van der Waals surface area contributed by atoms with Crippen molar-refractivity contribution in [2.75, 3.05) is 5.32 Å². The molecule has 136 valence electrons. The second-order valence-corrected chi connectivity index (χ2v) is 7.21. The number of halogens is 1. The van der Waals surface area contributed by atoms with Crippen molar-refractivity contribution in [1.29, 1.82) is 0 Å². The molecule has 5 heteroatoms. The average molecular weight is 371 g/mol. The van der Waals surface area contributed by atoms with Crippen molar-refractivity contribution >= 4 is 29.1 Å². The van der Waals surface area contributed by atoms with Gasteiger partial charge in [-0.2, -0.15) is 0 Å². The maximum Gasteiger partial charge on any atom is 0.255 e. The quantitative estimate of drug-likeness (QED) is 0.760. The molecule has 2 amide bonds. The molecule has 0 bridgehead atoms. The van der Waals surface area contributed by atoms with Gasteiger partial charge in [0.2, 0.25) is 5.91 Å². The van der Waals surface area contributed by atoms with Crippen molar-refractivity contribution in [3.05, 3.63) is 64.7 Å². The zero-order valence-corrected chi connectivity index (χ0v) is 15.6. The summed E-state index contributed by atoms with van der Waals surface area (Å²) < 4.78 is 0. The molecule has 1 aliphatic rings. The van der Waals surface area contributed by atoms with Crippen LogP contribution in [0, 0.1) is 0 Å². The highest BCUT2D eigenvalue weighted by Gasteiger charge is 2.39. The zero-order chi connectivity index (χ0) is 18.6. The summed E-state index contributed by atoms with van der Waals surface area (Å²) >= 11 is 5.93. The number of carbonyl (C=O) groups is 2. The highest BCUT2D eigenvalue weighted by atomic mass is 35.5. The van der Waals surface area contributed by atoms with E-state index in [1.54, 1.807) is 24.3 Å². The molecule has 0 saturated heterocycles. The SMILES string of the molecule is CCCC(=O)NC1(c2ccc(NC(=O)c3cccc(Cl)c3)cc2)CCC1. The highest BCUT2D eigenvalue weighted by Crippen LogP contribution is 2.41. The summed E-state index contributed by atoms with van der Waals surface area (Å²) in [6.07, 6.45) is 4.42. The molecule has 0 heterocycles. The van der Waals surface area contributed by atoms with Gasteiger partial charge in [0.25, 0.3) is 5.91 Å². The van der Waals surface area contributed by atoms with E-state index in [2.05, 4.69) is 10.6 Å². The predicted molar refractivity (Wildman–Crippen MR) is 104 cm³/mol. The molecule has 3 rings (SSSR count). The topological polar surface area (TPSA) is 58.2 Å². The highest BCUT2D eigenvalue weighted by molar-refractivity contribution is 6.31. The summed E-state index contributed by atoms with van der Waals surface area (Å²) in [5.74, 6) is -0.0969. The third-order valence-corrected chi connectivity index (χ3v) is 5.08. The Bertz CT molecular complexity index is 798. The number of hydrogen-bond acceptors (Lipinski definition) is 2. The minimum atomic E-state index is -0.248. The third-order valence-electron chi connectivity index (χ3n) is 4.85. The molecule has 1 aliphatic carbocycles. The number of carbonyl (C=O) groups excluding carboxylic acids is 2. The van der Waals surface area contributed by atoms with Crippen molar-refractivity contribution in [2.45, 2.75) is 44.6 Å². The summed E-state index contributed by atoms with van der Waals surface area (Å²) in [4.78, 5) is 24.3. The van der Waals surface area contributed by atoms with Gasteiger partial charge in [0.15, 0.2) is 0 Å². The first-order valence-corrected chi connectivity index (χ1v) is 9.39. The Kier molecular flexibility index (Phi) is 5.62. The van der Waals surface area contributed by atoms with Crippen molar-refractivity contribution in [2.24, 2.45) is 0 Å². The lowest BCUT2D eigenvalue weighted by Gasteiger charge is -2.43. The van der Waals surface area contributed by atoms with E-state index in [0.29, 0.717) is 22.7 Å². The Hall–Kier alpha value is -2.33. The van der Waals surface area contributed by atoms with E-state index in [-0.39, 0.29) is 17.4 Å². The van der Waals surface area contributed by atoms with Gasteiger partial charge in [0.05, 0.1) is 5.54 Å². The van der Waals surface area contributed by atoms with Crippen LogP contribution >= 0.6 is 11.6 Å². The van der Waals surface area contributed by atoms with Crippen molar-refractivity contribution in [1.82, 2.24) is 5.32 Å². The van der Waals surface area contributed by atoms with E-state index < -0.39 is 0 Å². The molecule has 1 fully saturated rings. The molecular formula is C21H23ClN2O2. The molecule has 1 saturated carbocycles. The number of rotatable bonds is 6. The van der Waals surface area contributed by atoms with Crippen LogP contribution in [-0.4, -0.2) is 11.8 Å². The minimum Gasteiger partial charge on any atom is -0.347 e. The van der Waals surface area contributed by atoms with Crippen molar-refractivity contribution in [3.63, 3.8) is 0 Å². The number of amides is 2. The maximum absolute atomic E-state index is 12.3. The molecule has 0 aromatic heterocycles. The number of anilines is 1. The molecule has 2 aromatic carbocycles. The number of hydrogen-bond donors (Lipinski definition) is 2. The first-order chi connectivity index (χ1) is 12.5. The standard InChI is InChI=1S/C21H23ClN2O2/c1-2-5-19(25)24-21(12-4-13-21)16-8-10-18(11-9-16)23-20(26)15-6-3-7-17(22)14-15/h3,6-11,14H,2,4-5,12-13H2,1H3,(H,23,26)(H,24,25). The van der Waals surface area contributed by atoms with Gasteiger partial charge in [-0.25, -0.2) is 0 Å². The van der Waals surface area contributed by atoms with Crippen LogP contribution in [0.1, 0.15) is 54.9 Å². The van der Waals surface area contributed by atoms with E-state index in [1.807, 2.05) is 31.2 Å². The Balaban J connectivity index is 1.70. The van der Waals surface area contributed by atoms with Crippen LogP contribution in [0.2, 0.25) is 5.02 Å². The normalized spacial score (nSPS) is 15.0. The van der Waals surface area contributed by atoms with E-state index >= 15 is 0 Å². The van der Waals surface area contributed by atoms with Gasteiger partial charge in [-0.05, 0) is 61.6 Å². The maximum atomic E-state index is 12.3. The fourth-order valence-corrected chi connectivity index (χ4v) is 3.47. The summed E-state index contributed by atoms with van der Waals surface area (Å²) in [6.45, 7) is 2.00. The van der Waals surface area contributed by atoms with E-state index in [0.717, 1.165) is 31.2 Å². The molecule has 0 radical (unpaired) electrons. The predicted octanol–water partition coefficient (Wildman–Crippen LogP) is 4.89. The largest absolute Gasteiger partial charge is 0.347 e. The first kappa shape index (κ1) is 18.5. The van der Waals surface area contributed by atoms with Crippen LogP contribution < -0.4 is 10.6 Å². The van der Waals surface area contributed by atoms with Crippen LogP contribution in [0.15, 0.2) is 48.5 Å². The molecule has 0 spiro atoms. The Morgan fingerprint density at radius 2 is 1.85 bits per heavy atom. The van der Waals surface area contributed by atoms with Crippen LogP contribution in [-0.2, 0) is 10.3 Å². The van der Waals surface area contributed by atoms with Gasteiger partial charge in [-0.1, -0.05) is 36.7 Å². The number of nitrogens with one attached hydrogen (secondary N) is 2.